The molecule has 0 bridgehead atoms. The first kappa shape index (κ1) is 14.0. The summed E-state index contributed by atoms with van der Waals surface area (Å²) in [7, 11) is 0. The van der Waals surface area contributed by atoms with Crippen LogP contribution in [0.5, 0.6) is 0 Å². The third-order valence-electron chi connectivity index (χ3n) is 3.77. The van der Waals surface area contributed by atoms with Crippen molar-refractivity contribution in [1.29, 1.82) is 0 Å². The standard InChI is InChI=1S/C14H29NO/c1-4-11-15(12(2)3)13-9-7-5-6-8-10-14(13)16/h12-14,16H,4-11H2,1-3H3. The Labute approximate surface area is 101 Å². The molecule has 16 heavy (non-hydrogen) atoms. The van der Waals surface area contributed by atoms with E-state index in [2.05, 4.69) is 25.7 Å². The van der Waals surface area contributed by atoms with Gasteiger partial charge in [0.25, 0.3) is 0 Å². The van der Waals surface area contributed by atoms with Gasteiger partial charge in [0, 0.05) is 12.1 Å². The van der Waals surface area contributed by atoms with E-state index in [0.717, 1.165) is 13.0 Å². The Balaban J connectivity index is 2.62. The highest BCUT2D eigenvalue weighted by atomic mass is 16.3. The summed E-state index contributed by atoms with van der Waals surface area (Å²) in [6.07, 6.45) is 8.40. The normalized spacial score (nSPS) is 28.1. The van der Waals surface area contributed by atoms with Gasteiger partial charge in [0.15, 0.2) is 0 Å². The van der Waals surface area contributed by atoms with Crippen molar-refractivity contribution < 1.29 is 5.11 Å². The van der Waals surface area contributed by atoms with Gasteiger partial charge < -0.3 is 5.11 Å². The van der Waals surface area contributed by atoms with Gasteiger partial charge in [-0.3, -0.25) is 4.90 Å². The van der Waals surface area contributed by atoms with Crippen LogP contribution in [0.15, 0.2) is 0 Å². The van der Waals surface area contributed by atoms with E-state index in [1.807, 2.05) is 0 Å². The highest BCUT2D eigenvalue weighted by molar-refractivity contribution is 4.82. The first-order valence-electron chi connectivity index (χ1n) is 7.10. The molecule has 2 atom stereocenters. The van der Waals surface area contributed by atoms with Crippen LogP contribution in [-0.4, -0.2) is 34.7 Å². The lowest BCUT2D eigenvalue weighted by Gasteiger charge is -2.38. The molecule has 1 rings (SSSR count). The fraction of sp³-hybridized carbons (Fsp3) is 1.00. The van der Waals surface area contributed by atoms with Crippen LogP contribution in [0.2, 0.25) is 0 Å². The Bertz CT molecular complexity index is 182. The molecule has 0 aromatic carbocycles. The molecule has 0 radical (unpaired) electrons. The Morgan fingerprint density at radius 1 is 1.12 bits per heavy atom. The van der Waals surface area contributed by atoms with Crippen molar-refractivity contribution >= 4 is 0 Å². The molecule has 0 spiro atoms. The Morgan fingerprint density at radius 3 is 2.31 bits per heavy atom. The van der Waals surface area contributed by atoms with Crippen molar-refractivity contribution in [2.75, 3.05) is 6.54 Å². The number of aliphatic hydroxyl groups excluding tert-OH is 1. The highest BCUT2D eigenvalue weighted by Gasteiger charge is 2.27. The average molecular weight is 227 g/mol. The van der Waals surface area contributed by atoms with Crippen molar-refractivity contribution in [3.63, 3.8) is 0 Å². The minimum atomic E-state index is -0.103. The van der Waals surface area contributed by atoms with Gasteiger partial charge in [-0.15, -0.1) is 0 Å². The summed E-state index contributed by atoms with van der Waals surface area (Å²) in [5.41, 5.74) is 0. The smallest absolute Gasteiger partial charge is 0.0695 e. The summed E-state index contributed by atoms with van der Waals surface area (Å²) in [6.45, 7) is 7.85. The van der Waals surface area contributed by atoms with Crippen LogP contribution in [0.25, 0.3) is 0 Å². The molecule has 0 aliphatic heterocycles. The van der Waals surface area contributed by atoms with Crippen LogP contribution >= 0.6 is 0 Å². The van der Waals surface area contributed by atoms with Gasteiger partial charge in [0.2, 0.25) is 0 Å². The molecular formula is C14H29NO. The third-order valence-corrected chi connectivity index (χ3v) is 3.77. The maximum atomic E-state index is 10.3. The number of hydrogen-bond acceptors (Lipinski definition) is 2. The second kappa shape index (κ2) is 7.29. The van der Waals surface area contributed by atoms with E-state index >= 15 is 0 Å². The predicted octanol–water partition coefficient (Wildman–Crippen LogP) is 3.19. The van der Waals surface area contributed by atoms with Crippen LogP contribution in [-0.2, 0) is 0 Å². The van der Waals surface area contributed by atoms with Gasteiger partial charge >= 0.3 is 0 Å². The van der Waals surface area contributed by atoms with Gasteiger partial charge in [-0.2, -0.15) is 0 Å². The number of nitrogens with zero attached hydrogens (tertiary/aromatic N) is 1. The van der Waals surface area contributed by atoms with E-state index in [1.54, 1.807) is 0 Å². The Morgan fingerprint density at radius 2 is 1.75 bits per heavy atom. The van der Waals surface area contributed by atoms with Crippen molar-refractivity contribution in [3.8, 4) is 0 Å². The lowest BCUT2D eigenvalue weighted by molar-refractivity contribution is 0.0156. The number of aliphatic hydroxyl groups is 1. The zero-order valence-electron chi connectivity index (χ0n) is 11.3. The molecule has 0 aromatic heterocycles. The van der Waals surface area contributed by atoms with Crippen LogP contribution in [0.3, 0.4) is 0 Å². The first-order valence-corrected chi connectivity index (χ1v) is 7.10. The molecule has 0 amide bonds. The molecular weight excluding hydrogens is 198 g/mol. The lowest BCUT2D eigenvalue weighted by Crippen LogP contribution is -2.48. The van der Waals surface area contributed by atoms with Gasteiger partial charge in [0.05, 0.1) is 6.10 Å². The Kier molecular flexibility index (Phi) is 6.37. The zero-order valence-corrected chi connectivity index (χ0v) is 11.3. The molecule has 96 valence electrons. The van der Waals surface area contributed by atoms with E-state index < -0.39 is 0 Å². The van der Waals surface area contributed by atoms with E-state index in [0.29, 0.717) is 12.1 Å². The lowest BCUT2D eigenvalue weighted by atomic mass is 9.92. The van der Waals surface area contributed by atoms with Crippen LogP contribution in [0.1, 0.15) is 65.7 Å². The molecule has 1 aliphatic rings. The van der Waals surface area contributed by atoms with E-state index in [-0.39, 0.29) is 6.10 Å². The second-order valence-electron chi connectivity index (χ2n) is 5.46. The number of hydrogen-bond donors (Lipinski definition) is 1. The summed E-state index contributed by atoms with van der Waals surface area (Å²) in [6, 6.07) is 0.958. The van der Waals surface area contributed by atoms with Gasteiger partial charge in [0.1, 0.15) is 0 Å². The summed E-state index contributed by atoms with van der Waals surface area (Å²) < 4.78 is 0. The largest absolute Gasteiger partial charge is 0.391 e. The quantitative estimate of drug-likeness (QED) is 0.797. The molecule has 0 aromatic rings. The molecule has 2 heteroatoms. The maximum Gasteiger partial charge on any atom is 0.0695 e. The van der Waals surface area contributed by atoms with Crippen molar-refractivity contribution in [2.45, 2.75) is 83.9 Å². The van der Waals surface area contributed by atoms with Crippen molar-refractivity contribution in [3.05, 3.63) is 0 Å². The summed E-state index contributed by atoms with van der Waals surface area (Å²) in [5, 5.41) is 10.3. The fourth-order valence-electron chi connectivity index (χ4n) is 2.90. The van der Waals surface area contributed by atoms with Gasteiger partial charge in [-0.05, 0) is 39.7 Å². The maximum absolute atomic E-state index is 10.3. The van der Waals surface area contributed by atoms with Crippen molar-refractivity contribution in [1.82, 2.24) is 4.90 Å². The molecule has 0 heterocycles. The summed E-state index contributed by atoms with van der Waals surface area (Å²) in [4.78, 5) is 2.51. The fourth-order valence-corrected chi connectivity index (χ4v) is 2.90. The third kappa shape index (κ3) is 4.06. The van der Waals surface area contributed by atoms with Crippen LogP contribution < -0.4 is 0 Å². The first-order chi connectivity index (χ1) is 7.66. The molecule has 2 nitrogen and oxygen atoms in total. The van der Waals surface area contributed by atoms with Gasteiger partial charge in [-0.25, -0.2) is 0 Å². The molecule has 1 N–H and O–H groups in total. The van der Waals surface area contributed by atoms with E-state index in [1.165, 1.54) is 38.5 Å². The average Bonchev–Trinajstić information content (AvgIpc) is 2.22. The molecule has 1 saturated carbocycles. The SMILES string of the molecule is CCCN(C(C)C)C1CCCCCCC1O. The van der Waals surface area contributed by atoms with Crippen molar-refractivity contribution in [2.24, 2.45) is 0 Å². The second-order valence-corrected chi connectivity index (χ2v) is 5.46. The predicted molar refractivity (Wildman–Crippen MR) is 69.6 cm³/mol. The van der Waals surface area contributed by atoms with E-state index in [4.69, 9.17) is 0 Å². The van der Waals surface area contributed by atoms with Crippen LogP contribution in [0.4, 0.5) is 0 Å². The van der Waals surface area contributed by atoms with E-state index in [9.17, 15) is 5.11 Å². The molecule has 1 aliphatic carbocycles. The Hall–Kier alpha value is -0.0800. The summed E-state index contributed by atoms with van der Waals surface area (Å²) in [5.74, 6) is 0. The topological polar surface area (TPSA) is 23.5 Å². The number of rotatable bonds is 4. The highest BCUT2D eigenvalue weighted by Crippen LogP contribution is 2.23. The monoisotopic (exact) mass is 227 g/mol. The van der Waals surface area contributed by atoms with Gasteiger partial charge in [-0.1, -0.05) is 32.6 Å². The molecule has 0 saturated heterocycles. The summed E-state index contributed by atoms with van der Waals surface area (Å²) >= 11 is 0. The zero-order chi connectivity index (χ0) is 12.0. The molecule has 2 unspecified atom stereocenters. The van der Waals surface area contributed by atoms with Crippen LogP contribution in [0, 0.1) is 0 Å². The minimum Gasteiger partial charge on any atom is -0.391 e. The minimum absolute atomic E-state index is 0.103. The molecule has 1 fully saturated rings.